The lowest BCUT2D eigenvalue weighted by Crippen LogP contribution is -2.12. The van der Waals surface area contributed by atoms with E-state index in [1.807, 2.05) is 13.8 Å². The number of anilines is 3. The van der Waals surface area contributed by atoms with Gasteiger partial charge in [0.1, 0.15) is 11.6 Å². The zero-order valence-electron chi connectivity index (χ0n) is 11.8. The maximum Gasteiger partial charge on any atom is 0.323 e. The third-order valence-corrected chi connectivity index (χ3v) is 2.30. The standard InChI is InChI=1S/C13H15F2N5O/c1-7(2)21-13-19-11(16-3)18-12(20-13)17-10-5-8(14)4-9(15)6-10/h4-7H,1-3H3,(H2,16,17,18,19,20). The monoisotopic (exact) mass is 295 g/mol. The van der Waals surface area contributed by atoms with E-state index in [0.29, 0.717) is 0 Å². The smallest absolute Gasteiger partial charge is 0.323 e. The summed E-state index contributed by atoms with van der Waals surface area (Å²) in [5, 5.41) is 5.47. The van der Waals surface area contributed by atoms with Gasteiger partial charge in [0.25, 0.3) is 0 Å². The molecule has 112 valence electrons. The third-order valence-electron chi connectivity index (χ3n) is 2.30. The molecule has 1 heterocycles. The predicted octanol–water partition coefficient (Wildman–Crippen LogP) is 2.72. The normalized spacial score (nSPS) is 10.6. The van der Waals surface area contributed by atoms with Crippen molar-refractivity contribution in [1.82, 2.24) is 15.0 Å². The fourth-order valence-electron chi connectivity index (χ4n) is 1.54. The summed E-state index contributed by atoms with van der Waals surface area (Å²) < 4.78 is 31.7. The Morgan fingerprint density at radius 2 is 1.62 bits per heavy atom. The summed E-state index contributed by atoms with van der Waals surface area (Å²) in [5.41, 5.74) is 0.191. The van der Waals surface area contributed by atoms with Crippen molar-refractivity contribution in [2.75, 3.05) is 17.7 Å². The van der Waals surface area contributed by atoms with Crippen LogP contribution in [0.15, 0.2) is 18.2 Å². The Hall–Kier alpha value is -2.51. The average molecular weight is 295 g/mol. The number of nitrogens with one attached hydrogen (secondary N) is 2. The van der Waals surface area contributed by atoms with Crippen molar-refractivity contribution in [3.63, 3.8) is 0 Å². The lowest BCUT2D eigenvalue weighted by atomic mass is 10.3. The number of ether oxygens (including phenoxy) is 1. The highest BCUT2D eigenvalue weighted by atomic mass is 19.1. The van der Waals surface area contributed by atoms with Gasteiger partial charge in [-0.05, 0) is 26.0 Å². The van der Waals surface area contributed by atoms with Gasteiger partial charge in [-0.3, -0.25) is 0 Å². The van der Waals surface area contributed by atoms with E-state index in [-0.39, 0.29) is 29.7 Å². The largest absolute Gasteiger partial charge is 0.461 e. The van der Waals surface area contributed by atoms with Crippen molar-refractivity contribution in [2.45, 2.75) is 20.0 Å². The minimum absolute atomic E-state index is 0.114. The van der Waals surface area contributed by atoms with E-state index in [2.05, 4.69) is 25.6 Å². The van der Waals surface area contributed by atoms with Crippen molar-refractivity contribution in [3.05, 3.63) is 29.8 Å². The van der Waals surface area contributed by atoms with Gasteiger partial charge in [-0.2, -0.15) is 15.0 Å². The number of hydrogen-bond donors (Lipinski definition) is 2. The van der Waals surface area contributed by atoms with Gasteiger partial charge in [0.2, 0.25) is 11.9 Å². The Labute approximate surface area is 120 Å². The van der Waals surface area contributed by atoms with Crippen LogP contribution >= 0.6 is 0 Å². The molecule has 0 amide bonds. The molecular formula is C13H15F2N5O. The molecule has 2 rings (SSSR count). The molecule has 1 aromatic carbocycles. The molecule has 21 heavy (non-hydrogen) atoms. The van der Waals surface area contributed by atoms with E-state index in [9.17, 15) is 8.78 Å². The molecule has 6 nitrogen and oxygen atoms in total. The molecule has 0 aliphatic heterocycles. The maximum atomic E-state index is 13.2. The van der Waals surface area contributed by atoms with E-state index in [1.165, 1.54) is 0 Å². The van der Waals surface area contributed by atoms with E-state index in [4.69, 9.17) is 4.74 Å². The number of nitrogens with zero attached hydrogens (tertiary/aromatic N) is 3. The van der Waals surface area contributed by atoms with E-state index >= 15 is 0 Å². The molecule has 0 aliphatic carbocycles. The first kappa shape index (κ1) is 14.9. The van der Waals surface area contributed by atoms with E-state index in [1.54, 1.807) is 7.05 Å². The van der Waals surface area contributed by atoms with Crippen LogP contribution in [-0.4, -0.2) is 28.1 Å². The number of hydrogen-bond acceptors (Lipinski definition) is 6. The lowest BCUT2D eigenvalue weighted by molar-refractivity contribution is 0.222. The van der Waals surface area contributed by atoms with Gasteiger partial charge in [0.15, 0.2) is 0 Å². The SMILES string of the molecule is CNc1nc(Nc2cc(F)cc(F)c2)nc(OC(C)C)n1. The highest BCUT2D eigenvalue weighted by Crippen LogP contribution is 2.19. The average Bonchev–Trinajstić information content (AvgIpc) is 2.36. The quantitative estimate of drug-likeness (QED) is 0.883. The second-order valence-corrected chi connectivity index (χ2v) is 4.46. The summed E-state index contributed by atoms with van der Waals surface area (Å²) in [5.74, 6) is -0.992. The summed E-state index contributed by atoms with van der Waals surface area (Å²) in [4.78, 5) is 12.1. The van der Waals surface area contributed by atoms with E-state index in [0.717, 1.165) is 18.2 Å². The summed E-state index contributed by atoms with van der Waals surface area (Å²) in [7, 11) is 1.64. The Morgan fingerprint density at radius 3 is 2.19 bits per heavy atom. The zero-order chi connectivity index (χ0) is 15.4. The Bertz CT molecular complexity index is 616. The number of aromatic nitrogens is 3. The van der Waals surface area contributed by atoms with Gasteiger partial charge in [-0.1, -0.05) is 0 Å². The van der Waals surface area contributed by atoms with Crippen molar-refractivity contribution in [2.24, 2.45) is 0 Å². The molecule has 0 atom stereocenters. The molecule has 0 saturated carbocycles. The summed E-state index contributed by atoms with van der Waals surface area (Å²) >= 11 is 0. The van der Waals surface area contributed by atoms with E-state index < -0.39 is 11.6 Å². The summed E-state index contributed by atoms with van der Waals surface area (Å²) in [6.07, 6.45) is -0.114. The van der Waals surface area contributed by atoms with Gasteiger partial charge in [0, 0.05) is 18.8 Å². The molecule has 0 bridgehead atoms. The second kappa shape index (κ2) is 6.29. The van der Waals surface area contributed by atoms with Crippen LogP contribution in [0.2, 0.25) is 0 Å². The number of benzene rings is 1. The van der Waals surface area contributed by atoms with Crippen LogP contribution in [-0.2, 0) is 0 Å². The maximum absolute atomic E-state index is 13.2. The first-order valence-electron chi connectivity index (χ1n) is 6.30. The molecular weight excluding hydrogens is 280 g/mol. The van der Waals surface area contributed by atoms with Crippen molar-refractivity contribution < 1.29 is 13.5 Å². The fourth-order valence-corrected chi connectivity index (χ4v) is 1.54. The molecule has 8 heteroatoms. The zero-order valence-corrected chi connectivity index (χ0v) is 11.8. The minimum Gasteiger partial charge on any atom is -0.461 e. The van der Waals surface area contributed by atoms with Crippen LogP contribution in [0, 0.1) is 11.6 Å². The van der Waals surface area contributed by atoms with Gasteiger partial charge >= 0.3 is 6.01 Å². The lowest BCUT2D eigenvalue weighted by Gasteiger charge is -2.11. The third kappa shape index (κ3) is 4.23. The van der Waals surface area contributed by atoms with Crippen LogP contribution in [0.5, 0.6) is 6.01 Å². The molecule has 0 aliphatic rings. The Morgan fingerprint density at radius 1 is 1.00 bits per heavy atom. The molecule has 0 fully saturated rings. The van der Waals surface area contributed by atoms with Crippen LogP contribution in [0.25, 0.3) is 0 Å². The van der Waals surface area contributed by atoms with Crippen LogP contribution in [0.3, 0.4) is 0 Å². The van der Waals surface area contributed by atoms with Crippen molar-refractivity contribution in [1.29, 1.82) is 0 Å². The second-order valence-electron chi connectivity index (χ2n) is 4.46. The number of halogens is 2. The van der Waals surface area contributed by atoms with Crippen LogP contribution in [0.1, 0.15) is 13.8 Å². The molecule has 0 saturated heterocycles. The number of rotatable bonds is 5. The Kier molecular flexibility index (Phi) is 4.46. The highest BCUT2D eigenvalue weighted by molar-refractivity contribution is 5.54. The molecule has 0 spiro atoms. The molecule has 1 aromatic heterocycles. The van der Waals surface area contributed by atoms with Crippen molar-refractivity contribution >= 4 is 17.6 Å². The van der Waals surface area contributed by atoms with Gasteiger partial charge < -0.3 is 15.4 Å². The first-order chi connectivity index (χ1) is 9.96. The van der Waals surface area contributed by atoms with Crippen LogP contribution < -0.4 is 15.4 Å². The summed E-state index contributed by atoms with van der Waals surface area (Å²) in [6, 6.07) is 3.16. The predicted molar refractivity (Wildman–Crippen MR) is 74.8 cm³/mol. The fraction of sp³-hybridized carbons (Fsp3) is 0.308. The van der Waals surface area contributed by atoms with Gasteiger partial charge in [0.05, 0.1) is 6.10 Å². The molecule has 0 radical (unpaired) electrons. The molecule has 2 aromatic rings. The highest BCUT2D eigenvalue weighted by Gasteiger charge is 2.09. The molecule has 0 unspecified atom stereocenters. The summed E-state index contributed by atoms with van der Waals surface area (Å²) in [6.45, 7) is 3.66. The van der Waals surface area contributed by atoms with Gasteiger partial charge in [-0.15, -0.1) is 0 Å². The van der Waals surface area contributed by atoms with Crippen LogP contribution in [0.4, 0.5) is 26.4 Å². The topological polar surface area (TPSA) is 72.0 Å². The molecule has 2 N–H and O–H groups in total. The first-order valence-corrected chi connectivity index (χ1v) is 6.30. The minimum atomic E-state index is -0.695. The Balaban J connectivity index is 2.29. The van der Waals surface area contributed by atoms with Crippen molar-refractivity contribution in [3.8, 4) is 6.01 Å². The van der Waals surface area contributed by atoms with Gasteiger partial charge in [-0.25, -0.2) is 8.78 Å².